The minimum absolute atomic E-state index is 0.118. The number of carbonyl (C=O) groups excluding carboxylic acids is 3. The molecule has 1 saturated carbocycles. The van der Waals surface area contributed by atoms with E-state index < -0.39 is 5.92 Å². The summed E-state index contributed by atoms with van der Waals surface area (Å²) in [5.74, 6) is -1.85. The van der Waals surface area contributed by atoms with Crippen LogP contribution in [0.1, 0.15) is 49.1 Å². The van der Waals surface area contributed by atoms with Crippen LogP contribution in [0.3, 0.4) is 0 Å². The third-order valence-corrected chi connectivity index (χ3v) is 4.56. The first-order chi connectivity index (χ1) is 11.0. The van der Waals surface area contributed by atoms with Crippen LogP contribution in [0.15, 0.2) is 24.3 Å². The number of ketones is 1. The van der Waals surface area contributed by atoms with Crippen LogP contribution < -0.4 is 0 Å². The molecule has 0 aliphatic heterocycles. The van der Waals surface area contributed by atoms with Crippen molar-refractivity contribution >= 4 is 17.7 Å². The largest absolute Gasteiger partial charge is 0.469 e. The number of esters is 2. The molecule has 0 radical (unpaired) electrons. The number of methoxy groups -OCH3 is 2. The highest BCUT2D eigenvalue weighted by Crippen LogP contribution is 2.36. The summed E-state index contributed by atoms with van der Waals surface area (Å²) in [6.07, 6.45) is 2.04. The molecular formula is C18H22O5. The molecule has 1 aromatic rings. The summed E-state index contributed by atoms with van der Waals surface area (Å²) in [5.41, 5.74) is 1.56. The van der Waals surface area contributed by atoms with Gasteiger partial charge >= 0.3 is 11.9 Å². The lowest BCUT2D eigenvalue weighted by Gasteiger charge is -2.21. The van der Waals surface area contributed by atoms with Gasteiger partial charge in [-0.2, -0.15) is 0 Å². The molecule has 0 aromatic heterocycles. The van der Waals surface area contributed by atoms with Gasteiger partial charge in [0.25, 0.3) is 0 Å². The second kappa shape index (κ2) is 7.40. The van der Waals surface area contributed by atoms with Crippen LogP contribution in [-0.2, 0) is 23.9 Å². The Balaban J connectivity index is 2.28. The van der Waals surface area contributed by atoms with Crippen molar-refractivity contribution in [2.24, 2.45) is 5.92 Å². The molecule has 0 spiro atoms. The van der Waals surface area contributed by atoms with Gasteiger partial charge in [-0.25, -0.2) is 0 Å². The second-order valence-electron chi connectivity index (χ2n) is 5.88. The van der Waals surface area contributed by atoms with E-state index in [2.05, 4.69) is 0 Å². The number of hydrogen-bond acceptors (Lipinski definition) is 5. The molecule has 3 atom stereocenters. The van der Waals surface area contributed by atoms with Gasteiger partial charge < -0.3 is 9.47 Å². The van der Waals surface area contributed by atoms with Crippen molar-refractivity contribution in [2.45, 2.75) is 38.0 Å². The van der Waals surface area contributed by atoms with Crippen molar-refractivity contribution in [2.75, 3.05) is 14.2 Å². The standard InChI is InChI=1S/C18H22O5/c1-11(17(20)22-2)12-7-9-13(10-8-12)16(18(21)23-3)14-5-4-6-15(14)19/h7-11,14,16H,4-6H2,1-3H3. The maximum absolute atomic E-state index is 12.2. The maximum Gasteiger partial charge on any atom is 0.313 e. The molecule has 5 nitrogen and oxygen atoms in total. The number of ether oxygens (including phenoxy) is 2. The molecule has 2 rings (SSSR count). The van der Waals surface area contributed by atoms with Gasteiger partial charge in [-0.15, -0.1) is 0 Å². The molecule has 0 bridgehead atoms. The number of benzene rings is 1. The van der Waals surface area contributed by atoms with Crippen molar-refractivity contribution in [3.8, 4) is 0 Å². The van der Waals surface area contributed by atoms with Crippen molar-refractivity contribution < 1.29 is 23.9 Å². The first-order valence-corrected chi connectivity index (χ1v) is 7.77. The predicted octanol–water partition coefficient (Wildman–Crippen LogP) is 2.59. The minimum atomic E-state index is -0.572. The fourth-order valence-electron chi connectivity index (χ4n) is 3.16. The van der Waals surface area contributed by atoms with E-state index in [9.17, 15) is 14.4 Å². The van der Waals surface area contributed by atoms with Crippen molar-refractivity contribution in [1.29, 1.82) is 0 Å². The summed E-state index contributed by atoms with van der Waals surface area (Å²) in [4.78, 5) is 35.8. The molecule has 1 aliphatic rings. The quantitative estimate of drug-likeness (QED) is 0.781. The topological polar surface area (TPSA) is 69.7 Å². The molecule has 1 aliphatic carbocycles. The van der Waals surface area contributed by atoms with Gasteiger partial charge in [0.1, 0.15) is 5.78 Å². The third-order valence-electron chi connectivity index (χ3n) is 4.56. The van der Waals surface area contributed by atoms with Gasteiger partial charge in [0.05, 0.1) is 26.1 Å². The summed E-state index contributed by atoms with van der Waals surface area (Å²) in [5, 5.41) is 0. The zero-order valence-electron chi connectivity index (χ0n) is 13.7. The Morgan fingerprint density at radius 3 is 2.09 bits per heavy atom. The summed E-state index contributed by atoms with van der Waals surface area (Å²) in [6, 6.07) is 7.18. The second-order valence-corrected chi connectivity index (χ2v) is 5.88. The lowest BCUT2D eigenvalue weighted by atomic mass is 9.83. The van der Waals surface area contributed by atoms with Crippen LogP contribution in [0.2, 0.25) is 0 Å². The minimum Gasteiger partial charge on any atom is -0.469 e. The van der Waals surface area contributed by atoms with E-state index in [-0.39, 0.29) is 29.6 Å². The first kappa shape index (κ1) is 17.2. The van der Waals surface area contributed by atoms with E-state index in [4.69, 9.17) is 9.47 Å². The molecule has 0 heterocycles. The molecular weight excluding hydrogens is 296 g/mol. The Labute approximate surface area is 136 Å². The zero-order chi connectivity index (χ0) is 17.0. The van der Waals surface area contributed by atoms with E-state index in [0.29, 0.717) is 12.8 Å². The van der Waals surface area contributed by atoms with Crippen LogP contribution >= 0.6 is 0 Å². The fourth-order valence-corrected chi connectivity index (χ4v) is 3.16. The third kappa shape index (κ3) is 3.60. The van der Waals surface area contributed by atoms with Gasteiger partial charge in [-0.3, -0.25) is 14.4 Å². The van der Waals surface area contributed by atoms with E-state index >= 15 is 0 Å². The Kier molecular flexibility index (Phi) is 5.53. The highest BCUT2D eigenvalue weighted by molar-refractivity contribution is 5.91. The number of carbonyl (C=O) groups is 3. The van der Waals surface area contributed by atoms with Gasteiger partial charge in [0.2, 0.25) is 0 Å². The van der Waals surface area contributed by atoms with Crippen molar-refractivity contribution in [3.05, 3.63) is 35.4 Å². The van der Waals surface area contributed by atoms with E-state index in [0.717, 1.165) is 17.5 Å². The molecule has 3 unspecified atom stereocenters. The Bertz CT molecular complexity index is 590. The predicted molar refractivity (Wildman–Crippen MR) is 84.0 cm³/mol. The zero-order valence-corrected chi connectivity index (χ0v) is 13.7. The lowest BCUT2D eigenvalue weighted by Crippen LogP contribution is -2.26. The van der Waals surface area contributed by atoms with Crippen LogP contribution in [-0.4, -0.2) is 31.9 Å². The summed E-state index contributed by atoms with van der Waals surface area (Å²) >= 11 is 0. The fraction of sp³-hybridized carbons (Fsp3) is 0.500. The van der Waals surface area contributed by atoms with Crippen LogP contribution in [0, 0.1) is 5.92 Å². The molecule has 1 fully saturated rings. The molecule has 0 N–H and O–H groups in total. The van der Waals surface area contributed by atoms with Crippen LogP contribution in [0.4, 0.5) is 0 Å². The average molecular weight is 318 g/mol. The molecule has 1 aromatic carbocycles. The number of rotatable bonds is 5. The van der Waals surface area contributed by atoms with E-state index in [1.807, 2.05) is 0 Å². The summed E-state index contributed by atoms with van der Waals surface area (Å²) in [6.45, 7) is 1.76. The normalized spacial score (nSPS) is 20.0. The highest BCUT2D eigenvalue weighted by Gasteiger charge is 2.38. The SMILES string of the molecule is COC(=O)C(C)c1ccc(C(C(=O)OC)C2CCCC2=O)cc1. The molecule has 0 saturated heterocycles. The van der Waals surface area contributed by atoms with Gasteiger partial charge in [-0.05, 0) is 30.9 Å². The van der Waals surface area contributed by atoms with Crippen LogP contribution in [0.25, 0.3) is 0 Å². The molecule has 0 amide bonds. The Hall–Kier alpha value is -2.17. The van der Waals surface area contributed by atoms with Crippen molar-refractivity contribution in [1.82, 2.24) is 0 Å². The first-order valence-electron chi connectivity index (χ1n) is 7.77. The van der Waals surface area contributed by atoms with Crippen LogP contribution in [0.5, 0.6) is 0 Å². The number of Topliss-reactive ketones (excluding diaryl/α,β-unsaturated/α-hetero) is 1. The Morgan fingerprint density at radius 1 is 1.04 bits per heavy atom. The maximum atomic E-state index is 12.2. The summed E-state index contributed by atoms with van der Waals surface area (Å²) < 4.78 is 9.63. The smallest absolute Gasteiger partial charge is 0.313 e. The van der Waals surface area contributed by atoms with Crippen molar-refractivity contribution in [3.63, 3.8) is 0 Å². The van der Waals surface area contributed by atoms with Gasteiger partial charge in [0.15, 0.2) is 0 Å². The van der Waals surface area contributed by atoms with Gasteiger partial charge in [0, 0.05) is 12.3 Å². The van der Waals surface area contributed by atoms with Gasteiger partial charge in [-0.1, -0.05) is 24.3 Å². The summed E-state index contributed by atoms with van der Waals surface area (Å²) in [7, 11) is 2.69. The molecule has 5 heteroatoms. The monoisotopic (exact) mass is 318 g/mol. The van der Waals surface area contributed by atoms with E-state index in [1.54, 1.807) is 31.2 Å². The van der Waals surface area contributed by atoms with E-state index in [1.165, 1.54) is 14.2 Å². The number of hydrogen-bond donors (Lipinski definition) is 0. The molecule has 23 heavy (non-hydrogen) atoms. The molecule has 124 valence electrons. The Morgan fingerprint density at radius 2 is 1.61 bits per heavy atom. The lowest BCUT2D eigenvalue weighted by molar-refractivity contribution is -0.145. The highest BCUT2D eigenvalue weighted by atomic mass is 16.5. The average Bonchev–Trinajstić information content (AvgIpc) is 3.00.